The first-order chi connectivity index (χ1) is 11.1. The van der Waals surface area contributed by atoms with Crippen LogP contribution in [0.25, 0.3) is 0 Å². The second-order valence-corrected chi connectivity index (χ2v) is 5.64. The molecule has 0 aliphatic carbocycles. The van der Waals surface area contributed by atoms with Crippen LogP contribution in [0.4, 0.5) is 8.78 Å². The third kappa shape index (κ3) is 3.76. The summed E-state index contributed by atoms with van der Waals surface area (Å²) in [6.07, 6.45) is 3.82. The Morgan fingerprint density at radius 1 is 1.22 bits per heavy atom. The summed E-state index contributed by atoms with van der Waals surface area (Å²) < 4.78 is 31.9. The van der Waals surface area contributed by atoms with Crippen molar-refractivity contribution in [3.05, 3.63) is 59.6 Å². The van der Waals surface area contributed by atoms with Crippen molar-refractivity contribution < 1.29 is 18.0 Å². The van der Waals surface area contributed by atoms with E-state index in [0.717, 1.165) is 49.9 Å². The van der Waals surface area contributed by atoms with Crippen molar-refractivity contribution in [2.75, 3.05) is 19.6 Å². The lowest BCUT2D eigenvalue weighted by molar-refractivity contribution is 0.0933. The normalized spacial score (nSPS) is 16.4. The van der Waals surface area contributed by atoms with E-state index in [4.69, 9.17) is 4.42 Å². The summed E-state index contributed by atoms with van der Waals surface area (Å²) in [4.78, 5) is 14.4. The van der Waals surface area contributed by atoms with E-state index >= 15 is 0 Å². The first kappa shape index (κ1) is 15.7. The number of rotatable bonds is 5. The van der Waals surface area contributed by atoms with Crippen molar-refractivity contribution in [1.29, 1.82) is 0 Å². The number of hydrogen-bond acceptors (Lipinski definition) is 3. The first-order valence-electron chi connectivity index (χ1n) is 7.65. The minimum atomic E-state index is -0.766. The quantitative estimate of drug-likeness (QED) is 0.920. The molecule has 0 radical (unpaired) electrons. The topological polar surface area (TPSA) is 45.5 Å². The van der Waals surface area contributed by atoms with Crippen LogP contribution >= 0.6 is 0 Å². The van der Waals surface area contributed by atoms with E-state index in [1.54, 1.807) is 6.26 Å². The number of nitrogens with zero attached hydrogens (tertiary/aromatic N) is 1. The molecule has 1 saturated heterocycles. The number of halogens is 2. The Balaban J connectivity index is 1.69. The van der Waals surface area contributed by atoms with Crippen LogP contribution in [0.5, 0.6) is 0 Å². The molecular formula is C17H18F2N2O2. The van der Waals surface area contributed by atoms with Crippen molar-refractivity contribution in [2.45, 2.75) is 18.9 Å². The maximum Gasteiger partial charge on any atom is 0.251 e. The van der Waals surface area contributed by atoms with E-state index in [0.29, 0.717) is 6.54 Å². The Morgan fingerprint density at radius 2 is 1.91 bits per heavy atom. The summed E-state index contributed by atoms with van der Waals surface area (Å²) in [5.74, 6) is -1.26. The van der Waals surface area contributed by atoms with Gasteiger partial charge in [0.25, 0.3) is 5.91 Å². The zero-order valence-corrected chi connectivity index (χ0v) is 12.6. The predicted molar refractivity (Wildman–Crippen MR) is 80.9 cm³/mol. The first-order valence-corrected chi connectivity index (χ1v) is 7.65. The number of benzene rings is 1. The molecule has 2 heterocycles. The molecule has 1 amide bonds. The molecular weight excluding hydrogens is 302 g/mol. The molecule has 0 spiro atoms. The number of furan rings is 1. The molecule has 1 fully saturated rings. The Morgan fingerprint density at radius 3 is 2.52 bits per heavy atom. The minimum absolute atomic E-state index is 0.0258. The third-order valence-corrected chi connectivity index (χ3v) is 4.03. The maximum absolute atomic E-state index is 13.2. The summed E-state index contributed by atoms with van der Waals surface area (Å²) >= 11 is 0. The van der Waals surface area contributed by atoms with Gasteiger partial charge in [0.1, 0.15) is 17.4 Å². The summed E-state index contributed by atoms with van der Waals surface area (Å²) in [6.45, 7) is 2.20. The van der Waals surface area contributed by atoms with Crippen molar-refractivity contribution in [3.8, 4) is 0 Å². The number of carbonyl (C=O) groups excluding carboxylic acids is 1. The van der Waals surface area contributed by atoms with Crippen LogP contribution in [0.1, 0.15) is 35.0 Å². The predicted octanol–water partition coefficient (Wildman–Crippen LogP) is 3.12. The van der Waals surface area contributed by atoms with Crippen LogP contribution in [0, 0.1) is 11.6 Å². The molecule has 1 aromatic heterocycles. The number of hydrogen-bond donors (Lipinski definition) is 1. The van der Waals surface area contributed by atoms with Crippen LogP contribution in [-0.2, 0) is 0 Å². The van der Waals surface area contributed by atoms with Gasteiger partial charge in [-0.25, -0.2) is 8.78 Å². The molecule has 23 heavy (non-hydrogen) atoms. The molecule has 122 valence electrons. The van der Waals surface area contributed by atoms with Crippen LogP contribution < -0.4 is 5.32 Å². The Kier molecular flexibility index (Phi) is 4.71. The molecule has 1 atom stereocenters. The second kappa shape index (κ2) is 6.91. The molecule has 4 nitrogen and oxygen atoms in total. The summed E-state index contributed by atoms with van der Waals surface area (Å²) in [7, 11) is 0. The third-order valence-electron chi connectivity index (χ3n) is 4.03. The highest BCUT2D eigenvalue weighted by Crippen LogP contribution is 2.25. The van der Waals surface area contributed by atoms with E-state index in [1.807, 2.05) is 12.1 Å². The molecule has 1 aromatic carbocycles. The van der Waals surface area contributed by atoms with Gasteiger partial charge in [0.05, 0.1) is 12.3 Å². The van der Waals surface area contributed by atoms with Crippen LogP contribution in [0.3, 0.4) is 0 Å². The molecule has 6 heteroatoms. The lowest BCUT2D eigenvalue weighted by Gasteiger charge is -2.26. The lowest BCUT2D eigenvalue weighted by Crippen LogP contribution is -2.36. The van der Waals surface area contributed by atoms with Crippen molar-refractivity contribution in [3.63, 3.8) is 0 Å². The van der Waals surface area contributed by atoms with Crippen LogP contribution in [0.2, 0.25) is 0 Å². The fourth-order valence-corrected chi connectivity index (χ4v) is 2.92. The van der Waals surface area contributed by atoms with Crippen LogP contribution in [0.15, 0.2) is 41.0 Å². The Bertz CT molecular complexity index is 647. The van der Waals surface area contributed by atoms with Gasteiger partial charge < -0.3 is 9.73 Å². The molecule has 1 N–H and O–H groups in total. The fraction of sp³-hybridized carbons (Fsp3) is 0.353. The highest BCUT2D eigenvalue weighted by atomic mass is 19.1. The number of likely N-dealkylation sites (tertiary alicyclic amines) is 1. The van der Waals surface area contributed by atoms with Gasteiger partial charge in [0.15, 0.2) is 0 Å². The van der Waals surface area contributed by atoms with Crippen molar-refractivity contribution in [2.24, 2.45) is 0 Å². The number of carbonyl (C=O) groups is 1. The van der Waals surface area contributed by atoms with Gasteiger partial charge in [-0.2, -0.15) is 0 Å². The molecule has 1 aliphatic rings. The van der Waals surface area contributed by atoms with E-state index < -0.39 is 17.5 Å². The molecule has 3 rings (SSSR count). The number of amides is 1. The number of nitrogens with one attached hydrogen (secondary N) is 1. The highest BCUT2D eigenvalue weighted by molar-refractivity contribution is 5.94. The minimum Gasteiger partial charge on any atom is -0.468 e. The zero-order chi connectivity index (χ0) is 16.2. The highest BCUT2D eigenvalue weighted by Gasteiger charge is 2.26. The molecule has 1 unspecified atom stereocenters. The van der Waals surface area contributed by atoms with Crippen molar-refractivity contribution in [1.82, 2.24) is 10.2 Å². The maximum atomic E-state index is 13.2. The van der Waals surface area contributed by atoms with Gasteiger partial charge in [0.2, 0.25) is 0 Å². The van der Waals surface area contributed by atoms with Crippen LogP contribution in [-0.4, -0.2) is 30.4 Å². The van der Waals surface area contributed by atoms with Crippen molar-refractivity contribution >= 4 is 5.91 Å². The average molecular weight is 320 g/mol. The van der Waals surface area contributed by atoms with E-state index in [1.165, 1.54) is 0 Å². The Hall–Kier alpha value is -2.21. The zero-order valence-electron chi connectivity index (χ0n) is 12.6. The smallest absolute Gasteiger partial charge is 0.251 e. The SMILES string of the molecule is O=C(NCC(c1ccco1)N1CCCC1)c1cc(F)cc(F)c1. The van der Waals surface area contributed by atoms with Gasteiger partial charge in [0, 0.05) is 18.2 Å². The van der Waals surface area contributed by atoms with E-state index in [-0.39, 0.29) is 11.6 Å². The van der Waals surface area contributed by atoms with E-state index in [9.17, 15) is 13.6 Å². The summed E-state index contributed by atoms with van der Waals surface area (Å²) in [6, 6.07) is 6.40. The fourth-order valence-electron chi connectivity index (χ4n) is 2.92. The molecule has 1 aliphatic heterocycles. The Labute approximate surface area is 133 Å². The molecule has 0 saturated carbocycles. The molecule has 0 bridgehead atoms. The van der Waals surface area contributed by atoms with Gasteiger partial charge in [-0.1, -0.05) is 0 Å². The van der Waals surface area contributed by atoms with Gasteiger partial charge in [-0.15, -0.1) is 0 Å². The molecule has 2 aromatic rings. The van der Waals surface area contributed by atoms with E-state index in [2.05, 4.69) is 10.2 Å². The lowest BCUT2D eigenvalue weighted by atomic mass is 10.1. The standard InChI is InChI=1S/C17H18F2N2O2/c18-13-8-12(9-14(19)10-13)17(22)20-11-15(16-4-3-7-23-16)21-5-1-2-6-21/h3-4,7-10,15H,1-2,5-6,11H2,(H,20,22). The summed E-state index contributed by atoms with van der Waals surface area (Å²) in [5, 5.41) is 2.74. The summed E-state index contributed by atoms with van der Waals surface area (Å²) in [5.41, 5.74) is -0.0258. The average Bonchev–Trinajstić information content (AvgIpc) is 3.20. The second-order valence-electron chi connectivity index (χ2n) is 5.64. The van der Waals surface area contributed by atoms with Gasteiger partial charge in [-0.3, -0.25) is 9.69 Å². The monoisotopic (exact) mass is 320 g/mol. The van der Waals surface area contributed by atoms with Gasteiger partial charge >= 0.3 is 0 Å². The van der Waals surface area contributed by atoms with Gasteiger partial charge in [-0.05, 0) is 50.2 Å². The largest absolute Gasteiger partial charge is 0.468 e.